The van der Waals surface area contributed by atoms with Crippen molar-refractivity contribution in [3.63, 3.8) is 0 Å². The molecule has 0 amide bonds. The molecule has 116 valence electrons. The van der Waals surface area contributed by atoms with Crippen LogP contribution in [0.5, 0.6) is 0 Å². The van der Waals surface area contributed by atoms with Crippen molar-refractivity contribution < 1.29 is 23.7 Å². The summed E-state index contributed by atoms with van der Waals surface area (Å²) in [6, 6.07) is 9.77. The highest BCUT2D eigenvalue weighted by atomic mass is 16.7. The predicted octanol–water partition coefficient (Wildman–Crippen LogP) is 1.94. The second-order valence-corrected chi connectivity index (χ2v) is 5.07. The number of hydrogen-bond acceptors (Lipinski definition) is 5. The van der Waals surface area contributed by atoms with Gasteiger partial charge in [0.05, 0.1) is 12.7 Å². The Balaban J connectivity index is 1.74. The van der Waals surface area contributed by atoms with E-state index in [1.54, 1.807) is 21.1 Å². The summed E-state index contributed by atoms with van der Waals surface area (Å²) in [5.74, 6) is -0.0260. The first-order chi connectivity index (χ1) is 10.2. The zero-order valence-corrected chi connectivity index (χ0v) is 12.7. The van der Waals surface area contributed by atoms with Crippen molar-refractivity contribution in [3.8, 4) is 0 Å². The van der Waals surface area contributed by atoms with E-state index in [4.69, 9.17) is 18.9 Å². The second kappa shape index (κ2) is 7.66. The minimum absolute atomic E-state index is 0.0260. The van der Waals surface area contributed by atoms with Gasteiger partial charge in [-0.15, -0.1) is 0 Å². The first-order valence-corrected chi connectivity index (χ1v) is 7.06. The van der Waals surface area contributed by atoms with Crippen LogP contribution in [0.2, 0.25) is 0 Å². The van der Waals surface area contributed by atoms with Gasteiger partial charge in [-0.05, 0) is 12.5 Å². The fourth-order valence-electron chi connectivity index (χ4n) is 2.16. The molecule has 0 unspecified atom stereocenters. The number of carbonyl (C=O) groups excluding carboxylic acids is 1. The smallest absolute Gasteiger partial charge is 0.192 e. The maximum atomic E-state index is 12.2. The van der Waals surface area contributed by atoms with Crippen LogP contribution in [0.4, 0.5) is 0 Å². The molecule has 0 saturated carbocycles. The lowest BCUT2D eigenvalue weighted by molar-refractivity contribution is -0.131. The summed E-state index contributed by atoms with van der Waals surface area (Å²) in [5, 5.41) is 0. The number of epoxide rings is 1. The van der Waals surface area contributed by atoms with Gasteiger partial charge in [-0.3, -0.25) is 4.79 Å². The van der Waals surface area contributed by atoms with Crippen LogP contribution in [-0.2, 0) is 30.3 Å². The molecule has 0 spiro atoms. The minimum atomic E-state index is -0.483. The molecule has 3 atom stereocenters. The zero-order valence-electron chi connectivity index (χ0n) is 12.7. The number of ketones is 1. The Hall–Kier alpha value is -1.27. The van der Waals surface area contributed by atoms with E-state index >= 15 is 0 Å². The van der Waals surface area contributed by atoms with Gasteiger partial charge in [0.2, 0.25) is 0 Å². The Morgan fingerprint density at radius 2 is 1.90 bits per heavy atom. The molecular weight excluding hydrogens is 272 g/mol. The molecule has 1 heterocycles. The molecule has 2 rings (SSSR count). The van der Waals surface area contributed by atoms with E-state index in [0.717, 1.165) is 5.56 Å². The normalized spacial score (nSPS) is 22.3. The highest BCUT2D eigenvalue weighted by Gasteiger charge is 2.47. The summed E-state index contributed by atoms with van der Waals surface area (Å²) in [7, 11) is 3.14. The fraction of sp³-hybridized carbons (Fsp3) is 0.562. The fourth-order valence-corrected chi connectivity index (χ4v) is 2.16. The Morgan fingerprint density at radius 1 is 1.24 bits per heavy atom. The van der Waals surface area contributed by atoms with E-state index in [2.05, 4.69) is 0 Å². The molecule has 1 aliphatic heterocycles. The Morgan fingerprint density at radius 3 is 2.52 bits per heavy atom. The predicted molar refractivity (Wildman–Crippen MR) is 76.8 cm³/mol. The third-order valence-corrected chi connectivity index (χ3v) is 3.56. The van der Waals surface area contributed by atoms with Gasteiger partial charge in [-0.1, -0.05) is 30.3 Å². The maximum Gasteiger partial charge on any atom is 0.192 e. The van der Waals surface area contributed by atoms with Gasteiger partial charge in [-0.2, -0.15) is 0 Å². The molecular formula is C16H22O5. The van der Waals surface area contributed by atoms with Gasteiger partial charge in [-0.25, -0.2) is 0 Å². The van der Waals surface area contributed by atoms with Gasteiger partial charge in [0.25, 0.3) is 0 Å². The highest BCUT2D eigenvalue weighted by molar-refractivity contribution is 5.89. The van der Waals surface area contributed by atoms with Gasteiger partial charge in [0.1, 0.15) is 12.2 Å². The first kappa shape index (κ1) is 16.1. The third kappa shape index (κ3) is 4.61. The van der Waals surface area contributed by atoms with Gasteiger partial charge in [0, 0.05) is 20.6 Å². The molecule has 0 aliphatic carbocycles. The number of rotatable bonds is 9. The summed E-state index contributed by atoms with van der Waals surface area (Å²) in [5.41, 5.74) is 1.05. The Bertz CT molecular complexity index is 443. The molecule has 5 nitrogen and oxygen atoms in total. The van der Waals surface area contributed by atoms with E-state index in [0.29, 0.717) is 13.0 Å². The maximum absolute atomic E-state index is 12.2. The standard InChI is InChI=1S/C16H22O5/c1-11(20-10-12-7-5-4-6-8-12)15(17)16-13(21-16)9-14(18-2)19-3/h4-8,11,13-14,16H,9-10H2,1-3H3/t11-,13+,16+/m0/s1. The summed E-state index contributed by atoms with van der Waals surface area (Å²) >= 11 is 0. The van der Waals surface area contributed by atoms with Crippen molar-refractivity contribution in [1.82, 2.24) is 0 Å². The molecule has 1 saturated heterocycles. The lowest BCUT2D eigenvalue weighted by Crippen LogP contribution is -2.27. The number of ether oxygens (including phenoxy) is 4. The van der Waals surface area contributed by atoms with E-state index in [1.807, 2.05) is 30.3 Å². The number of Topliss-reactive ketones (excluding diaryl/α,β-unsaturated/α-hetero) is 1. The summed E-state index contributed by atoms with van der Waals surface area (Å²) < 4.78 is 21.2. The van der Waals surface area contributed by atoms with Gasteiger partial charge in [0.15, 0.2) is 12.1 Å². The Kier molecular flexibility index (Phi) is 5.87. The second-order valence-electron chi connectivity index (χ2n) is 5.07. The van der Waals surface area contributed by atoms with Crippen molar-refractivity contribution in [2.24, 2.45) is 0 Å². The van der Waals surface area contributed by atoms with Crippen LogP contribution in [0, 0.1) is 0 Å². The monoisotopic (exact) mass is 294 g/mol. The Labute approximate surface area is 125 Å². The van der Waals surface area contributed by atoms with Crippen LogP contribution in [0.25, 0.3) is 0 Å². The lowest BCUT2D eigenvalue weighted by atomic mass is 10.1. The van der Waals surface area contributed by atoms with Crippen molar-refractivity contribution in [3.05, 3.63) is 35.9 Å². The number of benzene rings is 1. The van der Waals surface area contributed by atoms with Crippen LogP contribution in [0.15, 0.2) is 30.3 Å². The van der Waals surface area contributed by atoms with Crippen molar-refractivity contribution in [2.75, 3.05) is 14.2 Å². The minimum Gasteiger partial charge on any atom is -0.366 e. The summed E-state index contributed by atoms with van der Waals surface area (Å²) in [6.07, 6.45) is -0.805. The summed E-state index contributed by atoms with van der Waals surface area (Å²) in [4.78, 5) is 12.2. The average Bonchev–Trinajstić information content (AvgIpc) is 3.29. The molecule has 1 aromatic rings. The van der Waals surface area contributed by atoms with E-state index in [1.165, 1.54) is 0 Å². The van der Waals surface area contributed by atoms with Crippen LogP contribution in [-0.4, -0.2) is 44.6 Å². The number of hydrogen-bond donors (Lipinski definition) is 0. The van der Waals surface area contributed by atoms with Gasteiger partial charge >= 0.3 is 0 Å². The molecule has 5 heteroatoms. The quantitative estimate of drug-likeness (QED) is 0.514. The van der Waals surface area contributed by atoms with E-state index < -0.39 is 12.2 Å². The molecule has 1 aliphatic rings. The SMILES string of the molecule is COC(C[C@H]1O[C@H]1C(=O)[C@H](C)OCc1ccccc1)OC. The molecule has 0 radical (unpaired) electrons. The van der Waals surface area contributed by atoms with Crippen molar-refractivity contribution in [2.45, 2.75) is 44.6 Å². The van der Waals surface area contributed by atoms with Crippen LogP contribution in [0.1, 0.15) is 18.9 Å². The van der Waals surface area contributed by atoms with Crippen LogP contribution in [0.3, 0.4) is 0 Å². The third-order valence-electron chi connectivity index (χ3n) is 3.56. The topological polar surface area (TPSA) is 57.3 Å². The number of methoxy groups -OCH3 is 2. The molecule has 0 aromatic heterocycles. The average molecular weight is 294 g/mol. The van der Waals surface area contributed by atoms with Gasteiger partial charge < -0.3 is 18.9 Å². The van der Waals surface area contributed by atoms with Crippen molar-refractivity contribution in [1.29, 1.82) is 0 Å². The number of carbonyl (C=O) groups is 1. The highest BCUT2D eigenvalue weighted by Crippen LogP contribution is 2.29. The zero-order chi connectivity index (χ0) is 15.2. The van der Waals surface area contributed by atoms with E-state index in [9.17, 15) is 4.79 Å². The van der Waals surface area contributed by atoms with Crippen LogP contribution < -0.4 is 0 Å². The molecule has 1 aromatic carbocycles. The largest absolute Gasteiger partial charge is 0.366 e. The molecule has 0 N–H and O–H groups in total. The lowest BCUT2D eigenvalue weighted by Gasteiger charge is -2.12. The first-order valence-electron chi connectivity index (χ1n) is 7.06. The summed E-state index contributed by atoms with van der Waals surface area (Å²) in [6.45, 7) is 2.18. The van der Waals surface area contributed by atoms with Crippen LogP contribution >= 0.6 is 0 Å². The molecule has 0 bridgehead atoms. The molecule has 21 heavy (non-hydrogen) atoms. The van der Waals surface area contributed by atoms with Crippen molar-refractivity contribution >= 4 is 5.78 Å². The van der Waals surface area contributed by atoms with E-state index in [-0.39, 0.29) is 18.2 Å². The molecule has 1 fully saturated rings.